The van der Waals surface area contributed by atoms with Gasteiger partial charge in [0.2, 0.25) is 0 Å². The molecular weight excluding hydrogens is 316 g/mol. The molecule has 0 saturated carbocycles. The summed E-state index contributed by atoms with van der Waals surface area (Å²) in [4.78, 5) is 4.55. The molecule has 5 heteroatoms. The molecule has 1 aromatic heterocycles. The van der Waals surface area contributed by atoms with Gasteiger partial charge in [0.1, 0.15) is 5.82 Å². The highest BCUT2D eigenvalue weighted by Gasteiger charge is 2.13. The number of hydrogen-bond donors (Lipinski definition) is 0. The lowest BCUT2D eigenvalue weighted by molar-refractivity contribution is 0.151. The molecule has 1 aromatic carbocycles. The van der Waals surface area contributed by atoms with E-state index < -0.39 is 0 Å². The van der Waals surface area contributed by atoms with Gasteiger partial charge >= 0.3 is 0 Å². The van der Waals surface area contributed by atoms with Gasteiger partial charge in [-0.15, -0.1) is 11.6 Å². The molecule has 0 bridgehead atoms. The van der Waals surface area contributed by atoms with Crippen LogP contribution < -0.4 is 0 Å². The first-order valence-electron chi connectivity index (χ1n) is 5.85. The summed E-state index contributed by atoms with van der Waals surface area (Å²) in [6.07, 6.45) is 0. The van der Waals surface area contributed by atoms with E-state index in [1.165, 1.54) is 0 Å². The lowest BCUT2D eigenvalue weighted by Gasteiger charge is -2.14. The Balaban J connectivity index is 2.42. The van der Waals surface area contributed by atoms with E-state index in [0.717, 1.165) is 34.5 Å². The number of rotatable bonds is 5. The summed E-state index contributed by atoms with van der Waals surface area (Å²) >= 11 is 9.47. The second-order valence-corrected chi connectivity index (χ2v) is 5.65. The number of methoxy groups -OCH3 is 1. The summed E-state index contributed by atoms with van der Waals surface area (Å²) in [5.41, 5.74) is 2.10. The van der Waals surface area contributed by atoms with Crippen molar-refractivity contribution in [3.63, 3.8) is 0 Å². The highest BCUT2D eigenvalue weighted by molar-refractivity contribution is 9.10. The molecule has 2 aromatic rings. The Hall–Kier alpha value is -0.580. The fourth-order valence-electron chi connectivity index (χ4n) is 2.10. The third kappa shape index (κ3) is 2.87. The van der Waals surface area contributed by atoms with E-state index >= 15 is 0 Å². The largest absolute Gasteiger partial charge is 0.384 e. The van der Waals surface area contributed by atoms with Crippen molar-refractivity contribution in [1.82, 2.24) is 9.55 Å². The summed E-state index contributed by atoms with van der Waals surface area (Å²) in [6, 6.07) is 6.08. The van der Waals surface area contributed by atoms with Gasteiger partial charge in [0.05, 0.1) is 23.5 Å². The van der Waals surface area contributed by atoms with Gasteiger partial charge < -0.3 is 9.30 Å². The highest BCUT2D eigenvalue weighted by atomic mass is 79.9. The first-order valence-corrected chi connectivity index (χ1v) is 7.18. The molecule has 2 rings (SSSR count). The number of fused-ring (bicyclic) bond motifs is 1. The summed E-state index contributed by atoms with van der Waals surface area (Å²) in [5.74, 6) is 1.76. The zero-order valence-electron chi connectivity index (χ0n) is 10.5. The van der Waals surface area contributed by atoms with Crippen molar-refractivity contribution < 1.29 is 4.74 Å². The second-order valence-electron chi connectivity index (χ2n) is 4.47. The molecular formula is C13H16BrClN2O. The fraction of sp³-hybridized carbons (Fsp3) is 0.462. The van der Waals surface area contributed by atoms with Crippen molar-refractivity contribution in [3.05, 3.63) is 28.5 Å². The summed E-state index contributed by atoms with van der Waals surface area (Å²) in [7, 11) is 1.72. The maximum Gasteiger partial charge on any atom is 0.124 e. The Labute approximate surface area is 120 Å². The number of nitrogens with zero attached hydrogens (tertiary/aromatic N) is 2. The van der Waals surface area contributed by atoms with Crippen LogP contribution in [0.2, 0.25) is 0 Å². The number of hydrogen-bond acceptors (Lipinski definition) is 2. The topological polar surface area (TPSA) is 27.1 Å². The number of ether oxygens (including phenoxy) is 1. The molecule has 0 N–H and O–H groups in total. The van der Waals surface area contributed by atoms with Crippen molar-refractivity contribution in [1.29, 1.82) is 0 Å². The van der Waals surface area contributed by atoms with E-state index in [1.807, 2.05) is 12.1 Å². The van der Waals surface area contributed by atoms with Gasteiger partial charge in [-0.1, -0.05) is 22.9 Å². The fourth-order valence-corrected chi connectivity index (χ4v) is 2.65. The third-order valence-corrected chi connectivity index (χ3v) is 3.59. The molecule has 0 aliphatic heterocycles. The molecule has 0 radical (unpaired) electrons. The van der Waals surface area contributed by atoms with Crippen molar-refractivity contribution >= 4 is 38.6 Å². The van der Waals surface area contributed by atoms with Crippen LogP contribution in [0.15, 0.2) is 22.7 Å². The summed E-state index contributed by atoms with van der Waals surface area (Å²) in [6.45, 7) is 3.75. The van der Waals surface area contributed by atoms with E-state index in [0.29, 0.717) is 11.8 Å². The molecule has 0 fully saturated rings. The Morgan fingerprint density at radius 1 is 1.50 bits per heavy atom. The Bertz CT molecular complexity index is 541. The van der Waals surface area contributed by atoms with Gasteiger partial charge in [-0.25, -0.2) is 4.98 Å². The van der Waals surface area contributed by atoms with E-state index in [4.69, 9.17) is 16.3 Å². The van der Waals surface area contributed by atoms with E-state index in [1.54, 1.807) is 7.11 Å². The SMILES string of the molecule is COCC(C)Cn1c(CCl)nc2ccc(Br)cc21. The molecule has 1 unspecified atom stereocenters. The second kappa shape index (κ2) is 6.04. The van der Waals surface area contributed by atoms with Crippen LogP contribution >= 0.6 is 27.5 Å². The Morgan fingerprint density at radius 2 is 2.28 bits per heavy atom. The van der Waals surface area contributed by atoms with E-state index in [-0.39, 0.29) is 0 Å². The lowest BCUT2D eigenvalue weighted by atomic mass is 10.2. The smallest absolute Gasteiger partial charge is 0.124 e. The van der Waals surface area contributed by atoms with E-state index in [9.17, 15) is 0 Å². The molecule has 0 aliphatic rings. The molecule has 3 nitrogen and oxygen atoms in total. The van der Waals surface area contributed by atoms with Gasteiger partial charge in [0, 0.05) is 18.1 Å². The predicted octanol–water partition coefficient (Wildman–Crippen LogP) is 3.82. The molecule has 0 amide bonds. The molecule has 1 heterocycles. The van der Waals surface area contributed by atoms with Crippen LogP contribution in [0.4, 0.5) is 0 Å². The first-order chi connectivity index (χ1) is 8.65. The molecule has 0 aliphatic carbocycles. The Kier molecular flexibility index (Phi) is 4.65. The van der Waals surface area contributed by atoms with Crippen LogP contribution in [-0.2, 0) is 17.2 Å². The average Bonchev–Trinajstić information content (AvgIpc) is 2.67. The van der Waals surface area contributed by atoms with Gasteiger partial charge in [0.25, 0.3) is 0 Å². The zero-order chi connectivity index (χ0) is 13.1. The number of imidazole rings is 1. The summed E-state index contributed by atoms with van der Waals surface area (Å²) < 4.78 is 8.42. The first kappa shape index (κ1) is 13.8. The van der Waals surface area contributed by atoms with Crippen LogP contribution in [0.3, 0.4) is 0 Å². The van der Waals surface area contributed by atoms with Crippen LogP contribution in [0.1, 0.15) is 12.7 Å². The van der Waals surface area contributed by atoms with Crippen LogP contribution in [-0.4, -0.2) is 23.3 Å². The normalized spacial score (nSPS) is 13.1. The van der Waals surface area contributed by atoms with Gasteiger partial charge in [0.15, 0.2) is 0 Å². The van der Waals surface area contributed by atoms with Crippen LogP contribution in [0.5, 0.6) is 0 Å². The monoisotopic (exact) mass is 330 g/mol. The van der Waals surface area contributed by atoms with Crippen LogP contribution in [0, 0.1) is 5.92 Å². The average molecular weight is 332 g/mol. The van der Waals surface area contributed by atoms with Gasteiger partial charge in [-0.2, -0.15) is 0 Å². The minimum Gasteiger partial charge on any atom is -0.384 e. The lowest BCUT2D eigenvalue weighted by Crippen LogP contribution is -2.14. The summed E-state index contributed by atoms with van der Waals surface area (Å²) in [5, 5.41) is 0. The minimum absolute atomic E-state index is 0.423. The van der Waals surface area contributed by atoms with Gasteiger partial charge in [-0.05, 0) is 24.1 Å². The number of alkyl halides is 1. The standard InChI is InChI=1S/C13H16BrClN2O/c1-9(8-18-2)7-17-12-5-10(14)3-4-11(12)16-13(17)6-15/h3-5,9H,6-8H2,1-2H3. The predicted molar refractivity (Wildman–Crippen MR) is 78.0 cm³/mol. The van der Waals surface area contributed by atoms with Gasteiger partial charge in [-0.3, -0.25) is 0 Å². The third-order valence-electron chi connectivity index (χ3n) is 2.85. The Morgan fingerprint density at radius 3 is 2.94 bits per heavy atom. The zero-order valence-corrected chi connectivity index (χ0v) is 12.8. The number of aromatic nitrogens is 2. The molecule has 0 saturated heterocycles. The molecule has 0 spiro atoms. The highest BCUT2D eigenvalue weighted by Crippen LogP contribution is 2.23. The molecule has 1 atom stereocenters. The number of halogens is 2. The molecule has 18 heavy (non-hydrogen) atoms. The van der Waals surface area contributed by atoms with Crippen molar-refractivity contribution in [2.24, 2.45) is 5.92 Å². The molecule has 98 valence electrons. The van der Waals surface area contributed by atoms with Crippen molar-refractivity contribution in [3.8, 4) is 0 Å². The minimum atomic E-state index is 0.423. The van der Waals surface area contributed by atoms with E-state index in [2.05, 4.69) is 38.5 Å². The maximum atomic E-state index is 5.98. The quantitative estimate of drug-likeness (QED) is 0.779. The van der Waals surface area contributed by atoms with Crippen molar-refractivity contribution in [2.45, 2.75) is 19.3 Å². The van der Waals surface area contributed by atoms with Crippen LogP contribution in [0.25, 0.3) is 11.0 Å². The maximum absolute atomic E-state index is 5.98. The number of benzene rings is 1. The van der Waals surface area contributed by atoms with Crippen molar-refractivity contribution in [2.75, 3.05) is 13.7 Å².